The Bertz CT molecular complexity index is 499. The lowest BCUT2D eigenvalue weighted by atomic mass is 10.1. The van der Waals surface area contributed by atoms with Crippen LogP contribution in [0.1, 0.15) is 49.0 Å². The zero-order chi connectivity index (χ0) is 15.8. The van der Waals surface area contributed by atoms with E-state index in [1.54, 1.807) is 19.1 Å². The molecule has 0 bridgehead atoms. The molecule has 1 aromatic carbocycles. The highest BCUT2D eigenvalue weighted by molar-refractivity contribution is 5.91. The second kappa shape index (κ2) is 8.29. The van der Waals surface area contributed by atoms with E-state index in [9.17, 15) is 9.59 Å². The summed E-state index contributed by atoms with van der Waals surface area (Å²) in [7, 11) is 0. The van der Waals surface area contributed by atoms with Gasteiger partial charge < -0.3 is 15.2 Å². The monoisotopic (exact) mass is 293 g/mol. The quantitative estimate of drug-likeness (QED) is 0.723. The Morgan fingerprint density at radius 1 is 1.33 bits per heavy atom. The molecule has 5 nitrogen and oxygen atoms in total. The molecule has 1 unspecified atom stereocenters. The number of carbonyl (C=O) groups is 2. The van der Waals surface area contributed by atoms with Crippen LogP contribution in [0.15, 0.2) is 18.2 Å². The van der Waals surface area contributed by atoms with Gasteiger partial charge in [0, 0.05) is 6.54 Å². The first kappa shape index (κ1) is 17.0. The van der Waals surface area contributed by atoms with Gasteiger partial charge in [0.25, 0.3) is 5.91 Å². The molecule has 1 amide bonds. The van der Waals surface area contributed by atoms with Crippen molar-refractivity contribution in [2.45, 2.75) is 46.1 Å². The Morgan fingerprint density at radius 2 is 2.05 bits per heavy atom. The second-order valence-electron chi connectivity index (χ2n) is 5.06. The highest BCUT2D eigenvalue weighted by Gasteiger charge is 2.18. The molecule has 1 rings (SSSR count). The number of benzene rings is 1. The number of ether oxygens (including phenoxy) is 1. The number of rotatable bonds is 8. The highest BCUT2D eigenvalue weighted by Crippen LogP contribution is 2.21. The maximum Gasteiger partial charge on any atom is 0.339 e. The van der Waals surface area contributed by atoms with Gasteiger partial charge >= 0.3 is 5.97 Å². The zero-order valence-corrected chi connectivity index (χ0v) is 12.8. The molecule has 1 atom stereocenters. The lowest BCUT2D eigenvalue weighted by Crippen LogP contribution is -2.37. The van der Waals surface area contributed by atoms with Gasteiger partial charge in [-0.05, 0) is 38.0 Å². The molecule has 0 aliphatic heterocycles. The first-order valence-corrected chi connectivity index (χ1v) is 7.24. The number of nitrogens with one attached hydrogen (secondary N) is 1. The van der Waals surface area contributed by atoms with E-state index in [0.717, 1.165) is 24.8 Å². The van der Waals surface area contributed by atoms with E-state index in [2.05, 4.69) is 12.2 Å². The van der Waals surface area contributed by atoms with Gasteiger partial charge in [-0.2, -0.15) is 0 Å². The lowest BCUT2D eigenvalue weighted by Gasteiger charge is -2.16. The van der Waals surface area contributed by atoms with E-state index >= 15 is 0 Å². The molecule has 0 saturated heterocycles. The smallest absolute Gasteiger partial charge is 0.339 e. The van der Waals surface area contributed by atoms with Crippen molar-refractivity contribution in [1.82, 2.24) is 5.32 Å². The number of amides is 1. The minimum Gasteiger partial charge on any atom is -0.480 e. The minimum atomic E-state index is -1.07. The van der Waals surface area contributed by atoms with Crippen LogP contribution in [0.2, 0.25) is 0 Å². The summed E-state index contributed by atoms with van der Waals surface area (Å²) in [6.45, 7) is 6.16. The molecule has 2 N–H and O–H groups in total. The lowest BCUT2D eigenvalue weighted by molar-refractivity contribution is -0.127. The molecule has 0 spiro atoms. The summed E-state index contributed by atoms with van der Waals surface area (Å²) in [6.07, 6.45) is 2.36. The van der Waals surface area contributed by atoms with E-state index in [-0.39, 0.29) is 17.2 Å². The van der Waals surface area contributed by atoms with Crippen molar-refractivity contribution >= 4 is 11.9 Å². The fourth-order valence-corrected chi connectivity index (χ4v) is 1.88. The average molecular weight is 293 g/mol. The molecule has 21 heavy (non-hydrogen) atoms. The van der Waals surface area contributed by atoms with Gasteiger partial charge in [0.15, 0.2) is 6.10 Å². The van der Waals surface area contributed by atoms with E-state index in [0.29, 0.717) is 6.54 Å². The van der Waals surface area contributed by atoms with Gasteiger partial charge in [-0.3, -0.25) is 4.79 Å². The number of carboxylic acid groups (broad SMARTS) is 1. The van der Waals surface area contributed by atoms with Gasteiger partial charge in [-0.25, -0.2) is 4.79 Å². The Kier molecular flexibility index (Phi) is 6.72. The molecule has 0 aliphatic rings. The Labute approximate surface area is 125 Å². The van der Waals surface area contributed by atoms with Crippen LogP contribution in [-0.4, -0.2) is 29.6 Å². The van der Waals surface area contributed by atoms with Crippen LogP contribution in [0.4, 0.5) is 0 Å². The molecule has 116 valence electrons. The summed E-state index contributed by atoms with van der Waals surface area (Å²) in [5, 5.41) is 11.9. The Hall–Kier alpha value is -2.04. The summed E-state index contributed by atoms with van der Waals surface area (Å²) in [6, 6.07) is 4.81. The number of carbonyl (C=O) groups excluding carboxylic acids is 1. The van der Waals surface area contributed by atoms with Gasteiger partial charge in [0.05, 0.1) is 0 Å². The van der Waals surface area contributed by atoms with Crippen molar-refractivity contribution in [3.05, 3.63) is 29.3 Å². The first-order chi connectivity index (χ1) is 9.95. The molecule has 0 heterocycles. The molecule has 1 aromatic rings. The molecule has 0 fully saturated rings. The maximum atomic E-state index is 11.9. The van der Waals surface area contributed by atoms with Crippen molar-refractivity contribution in [2.24, 2.45) is 0 Å². The molecule has 0 aromatic heterocycles. The van der Waals surface area contributed by atoms with E-state index < -0.39 is 12.1 Å². The van der Waals surface area contributed by atoms with Crippen molar-refractivity contribution in [3.8, 4) is 5.75 Å². The molecular weight excluding hydrogens is 270 g/mol. The fourth-order valence-electron chi connectivity index (χ4n) is 1.88. The number of hydrogen-bond donors (Lipinski definition) is 2. The number of aromatic carboxylic acids is 1. The normalized spacial score (nSPS) is 11.8. The van der Waals surface area contributed by atoms with Gasteiger partial charge in [0.2, 0.25) is 0 Å². The van der Waals surface area contributed by atoms with Gasteiger partial charge in [-0.1, -0.05) is 25.8 Å². The van der Waals surface area contributed by atoms with E-state index in [4.69, 9.17) is 9.84 Å². The minimum absolute atomic E-state index is 0.0613. The van der Waals surface area contributed by atoms with Crippen LogP contribution in [0.3, 0.4) is 0 Å². The van der Waals surface area contributed by atoms with E-state index in [1.807, 2.05) is 6.92 Å². The van der Waals surface area contributed by atoms with Crippen molar-refractivity contribution in [3.63, 3.8) is 0 Å². The summed E-state index contributed by atoms with van der Waals surface area (Å²) in [5.74, 6) is -1.08. The second-order valence-corrected chi connectivity index (χ2v) is 5.06. The molecule has 0 radical (unpaired) electrons. The molecule has 5 heteroatoms. The predicted octanol–water partition coefficient (Wildman–Crippen LogP) is 2.77. The standard InChI is InChI=1S/C16H23NO4/c1-4-5-6-9-17-15(18)12(3)21-14-10-11(2)7-8-13(14)16(19)20/h7-8,10,12H,4-6,9H2,1-3H3,(H,17,18)(H,19,20). The van der Waals surface area contributed by atoms with Crippen LogP contribution in [-0.2, 0) is 4.79 Å². The Balaban J connectivity index is 2.65. The highest BCUT2D eigenvalue weighted by atomic mass is 16.5. The average Bonchev–Trinajstić information content (AvgIpc) is 2.43. The third kappa shape index (κ3) is 5.45. The van der Waals surface area contributed by atoms with Crippen LogP contribution in [0, 0.1) is 6.92 Å². The first-order valence-electron chi connectivity index (χ1n) is 7.24. The summed E-state index contributed by atoms with van der Waals surface area (Å²) < 4.78 is 5.51. The number of carboxylic acids is 1. The Morgan fingerprint density at radius 3 is 2.67 bits per heavy atom. The van der Waals surface area contributed by atoms with Crippen LogP contribution < -0.4 is 10.1 Å². The summed E-state index contributed by atoms with van der Waals surface area (Å²) in [5.41, 5.74) is 0.941. The van der Waals surface area contributed by atoms with Crippen LogP contribution in [0.5, 0.6) is 5.75 Å². The van der Waals surface area contributed by atoms with Gasteiger partial charge in [0.1, 0.15) is 11.3 Å². The SMILES string of the molecule is CCCCCNC(=O)C(C)Oc1cc(C)ccc1C(=O)O. The zero-order valence-electron chi connectivity index (χ0n) is 12.8. The summed E-state index contributed by atoms with van der Waals surface area (Å²) in [4.78, 5) is 23.0. The molecule has 0 saturated carbocycles. The predicted molar refractivity (Wildman–Crippen MR) is 80.8 cm³/mol. The van der Waals surface area contributed by atoms with Crippen LogP contribution >= 0.6 is 0 Å². The van der Waals surface area contributed by atoms with E-state index in [1.165, 1.54) is 6.07 Å². The number of aryl methyl sites for hydroxylation is 1. The number of hydrogen-bond acceptors (Lipinski definition) is 3. The van der Waals surface area contributed by atoms with Crippen LogP contribution in [0.25, 0.3) is 0 Å². The number of unbranched alkanes of at least 4 members (excludes halogenated alkanes) is 2. The van der Waals surface area contributed by atoms with Crippen molar-refractivity contribution in [1.29, 1.82) is 0 Å². The molecule has 0 aliphatic carbocycles. The summed E-state index contributed by atoms with van der Waals surface area (Å²) >= 11 is 0. The third-order valence-corrected chi connectivity index (χ3v) is 3.12. The fraction of sp³-hybridized carbons (Fsp3) is 0.500. The maximum absolute atomic E-state index is 11.9. The molecular formula is C16H23NO4. The van der Waals surface area contributed by atoms with Crippen molar-refractivity contribution < 1.29 is 19.4 Å². The topological polar surface area (TPSA) is 75.6 Å². The van der Waals surface area contributed by atoms with Gasteiger partial charge in [-0.15, -0.1) is 0 Å². The third-order valence-electron chi connectivity index (χ3n) is 3.12. The largest absolute Gasteiger partial charge is 0.480 e. The van der Waals surface area contributed by atoms with Crippen molar-refractivity contribution in [2.75, 3.05) is 6.54 Å².